The SMILES string of the molecule is O=C1CCNc2ccccc2CN1Cc1ccccc1F. The molecule has 0 saturated carbocycles. The van der Waals surface area contributed by atoms with Crippen LogP contribution in [0.2, 0.25) is 0 Å². The highest BCUT2D eigenvalue weighted by Crippen LogP contribution is 2.22. The Morgan fingerprint density at radius 2 is 1.86 bits per heavy atom. The number of carbonyl (C=O) groups excluding carboxylic acids is 1. The van der Waals surface area contributed by atoms with Gasteiger partial charge in [0.1, 0.15) is 5.82 Å². The van der Waals surface area contributed by atoms with Crippen molar-refractivity contribution < 1.29 is 9.18 Å². The van der Waals surface area contributed by atoms with E-state index >= 15 is 0 Å². The van der Waals surface area contributed by atoms with Crippen LogP contribution in [0.5, 0.6) is 0 Å². The van der Waals surface area contributed by atoms with E-state index in [4.69, 9.17) is 0 Å². The summed E-state index contributed by atoms with van der Waals surface area (Å²) in [7, 11) is 0. The maximum absolute atomic E-state index is 13.8. The van der Waals surface area contributed by atoms with Gasteiger partial charge in [0.15, 0.2) is 0 Å². The lowest BCUT2D eigenvalue weighted by Crippen LogP contribution is -2.33. The van der Waals surface area contributed by atoms with E-state index in [0.29, 0.717) is 31.6 Å². The van der Waals surface area contributed by atoms with Crippen molar-refractivity contribution in [2.75, 3.05) is 11.9 Å². The molecule has 0 bridgehead atoms. The second kappa shape index (κ2) is 5.95. The Kier molecular flexibility index (Phi) is 3.86. The number of anilines is 1. The zero-order valence-electron chi connectivity index (χ0n) is 11.7. The number of para-hydroxylation sites is 1. The van der Waals surface area contributed by atoms with Crippen molar-refractivity contribution in [2.24, 2.45) is 0 Å². The van der Waals surface area contributed by atoms with Gasteiger partial charge in [-0.3, -0.25) is 4.79 Å². The Morgan fingerprint density at radius 1 is 1.10 bits per heavy atom. The highest BCUT2D eigenvalue weighted by molar-refractivity contribution is 5.77. The first-order valence-corrected chi connectivity index (χ1v) is 7.07. The summed E-state index contributed by atoms with van der Waals surface area (Å²) < 4.78 is 13.8. The smallest absolute Gasteiger partial charge is 0.224 e. The zero-order valence-corrected chi connectivity index (χ0v) is 11.7. The van der Waals surface area contributed by atoms with Crippen molar-refractivity contribution in [2.45, 2.75) is 19.5 Å². The summed E-state index contributed by atoms with van der Waals surface area (Å²) in [6.07, 6.45) is 0.419. The average Bonchev–Trinajstić information content (AvgIpc) is 2.48. The topological polar surface area (TPSA) is 32.3 Å². The lowest BCUT2D eigenvalue weighted by molar-refractivity contribution is -0.132. The predicted octanol–water partition coefficient (Wildman–Crippen LogP) is 3.17. The van der Waals surface area contributed by atoms with Crippen LogP contribution in [-0.4, -0.2) is 17.4 Å². The number of carbonyl (C=O) groups is 1. The summed E-state index contributed by atoms with van der Waals surface area (Å²) in [5.74, 6) is -0.223. The van der Waals surface area contributed by atoms with Gasteiger partial charge in [-0.1, -0.05) is 36.4 Å². The molecule has 1 aliphatic rings. The Balaban J connectivity index is 1.87. The third kappa shape index (κ3) is 3.05. The summed E-state index contributed by atoms with van der Waals surface area (Å²) >= 11 is 0. The molecular weight excluding hydrogens is 267 g/mol. The number of halogens is 1. The van der Waals surface area contributed by atoms with Crippen molar-refractivity contribution in [1.82, 2.24) is 4.90 Å². The van der Waals surface area contributed by atoms with Crippen molar-refractivity contribution in [1.29, 1.82) is 0 Å². The third-order valence-corrected chi connectivity index (χ3v) is 3.70. The largest absolute Gasteiger partial charge is 0.384 e. The Bertz CT molecular complexity index is 657. The first-order valence-electron chi connectivity index (χ1n) is 7.07. The second-order valence-electron chi connectivity index (χ2n) is 5.18. The van der Waals surface area contributed by atoms with E-state index < -0.39 is 0 Å². The summed E-state index contributed by atoms with van der Waals surface area (Å²) in [6.45, 7) is 1.40. The van der Waals surface area contributed by atoms with Crippen molar-refractivity contribution in [3.05, 3.63) is 65.5 Å². The van der Waals surface area contributed by atoms with Crippen LogP contribution >= 0.6 is 0 Å². The van der Waals surface area contributed by atoms with Gasteiger partial charge in [0.25, 0.3) is 0 Å². The normalized spacial score (nSPS) is 14.9. The molecule has 0 spiro atoms. The summed E-state index contributed by atoms with van der Waals surface area (Å²) in [6, 6.07) is 14.5. The minimum atomic E-state index is -0.265. The fraction of sp³-hybridized carbons (Fsp3) is 0.235. The van der Waals surface area contributed by atoms with E-state index in [1.54, 1.807) is 23.1 Å². The van der Waals surface area contributed by atoms with Crippen LogP contribution in [0.1, 0.15) is 17.5 Å². The number of fused-ring (bicyclic) bond motifs is 1. The first-order chi connectivity index (χ1) is 10.2. The standard InChI is InChI=1S/C17H17FN2O/c18-15-7-3-1-5-13(15)11-20-12-14-6-2-4-8-16(14)19-10-9-17(20)21/h1-8,19H,9-12H2. The van der Waals surface area contributed by atoms with Crippen LogP contribution in [-0.2, 0) is 17.9 Å². The van der Waals surface area contributed by atoms with Gasteiger partial charge >= 0.3 is 0 Å². The van der Waals surface area contributed by atoms with Gasteiger partial charge in [-0.2, -0.15) is 0 Å². The van der Waals surface area contributed by atoms with E-state index in [1.165, 1.54) is 6.07 Å². The molecule has 0 saturated heterocycles. The molecule has 0 aromatic heterocycles. The molecular formula is C17H17FN2O. The lowest BCUT2D eigenvalue weighted by atomic mass is 10.1. The molecule has 1 N–H and O–H groups in total. The van der Waals surface area contributed by atoms with Crippen LogP contribution in [0.3, 0.4) is 0 Å². The molecule has 21 heavy (non-hydrogen) atoms. The number of benzene rings is 2. The minimum Gasteiger partial charge on any atom is -0.384 e. The minimum absolute atomic E-state index is 0.0419. The van der Waals surface area contributed by atoms with E-state index in [-0.39, 0.29) is 11.7 Å². The summed E-state index contributed by atoms with van der Waals surface area (Å²) in [5, 5.41) is 3.27. The highest BCUT2D eigenvalue weighted by atomic mass is 19.1. The fourth-order valence-electron chi connectivity index (χ4n) is 2.56. The number of rotatable bonds is 2. The number of hydrogen-bond donors (Lipinski definition) is 1. The second-order valence-corrected chi connectivity index (χ2v) is 5.18. The predicted molar refractivity (Wildman–Crippen MR) is 80.2 cm³/mol. The van der Waals surface area contributed by atoms with Gasteiger partial charge in [-0.25, -0.2) is 4.39 Å². The molecule has 0 atom stereocenters. The maximum Gasteiger partial charge on any atom is 0.224 e. The number of nitrogens with one attached hydrogen (secondary N) is 1. The van der Waals surface area contributed by atoms with Crippen LogP contribution < -0.4 is 5.32 Å². The molecule has 2 aromatic rings. The average molecular weight is 284 g/mol. The van der Waals surface area contributed by atoms with Crippen LogP contribution in [0.15, 0.2) is 48.5 Å². The molecule has 3 rings (SSSR count). The summed E-state index contributed by atoms with van der Waals surface area (Å²) in [5.41, 5.74) is 2.65. The van der Waals surface area contributed by atoms with Gasteiger partial charge < -0.3 is 10.2 Å². The maximum atomic E-state index is 13.8. The molecule has 2 aromatic carbocycles. The summed E-state index contributed by atoms with van der Waals surface area (Å²) in [4.78, 5) is 14.0. The quantitative estimate of drug-likeness (QED) is 0.918. The van der Waals surface area contributed by atoms with Crippen molar-refractivity contribution in [3.8, 4) is 0 Å². The monoisotopic (exact) mass is 284 g/mol. The van der Waals surface area contributed by atoms with E-state index in [1.807, 2.05) is 24.3 Å². The molecule has 0 aliphatic carbocycles. The molecule has 0 radical (unpaired) electrons. The molecule has 3 nitrogen and oxygen atoms in total. The zero-order chi connectivity index (χ0) is 14.7. The Morgan fingerprint density at radius 3 is 2.71 bits per heavy atom. The van der Waals surface area contributed by atoms with Crippen molar-refractivity contribution in [3.63, 3.8) is 0 Å². The van der Waals surface area contributed by atoms with Gasteiger partial charge in [0.05, 0.1) is 0 Å². The van der Waals surface area contributed by atoms with Crippen LogP contribution in [0.4, 0.5) is 10.1 Å². The van der Waals surface area contributed by atoms with Gasteiger partial charge in [0.2, 0.25) is 5.91 Å². The van der Waals surface area contributed by atoms with Crippen molar-refractivity contribution >= 4 is 11.6 Å². The molecule has 1 amide bonds. The molecule has 108 valence electrons. The Labute approximate surface area is 123 Å². The Hall–Kier alpha value is -2.36. The molecule has 4 heteroatoms. The van der Waals surface area contributed by atoms with E-state index in [0.717, 1.165) is 11.3 Å². The van der Waals surface area contributed by atoms with Gasteiger partial charge in [-0.05, 0) is 17.7 Å². The lowest BCUT2D eigenvalue weighted by Gasteiger charge is -2.27. The third-order valence-electron chi connectivity index (χ3n) is 3.70. The molecule has 0 fully saturated rings. The van der Waals surface area contributed by atoms with Crippen LogP contribution in [0, 0.1) is 5.82 Å². The van der Waals surface area contributed by atoms with Gasteiger partial charge in [0, 0.05) is 37.3 Å². The molecule has 1 aliphatic heterocycles. The molecule has 1 heterocycles. The molecule has 0 unspecified atom stereocenters. The van der Waals surface area contributed by atoms with Gasteiger partial charge in [-0.15, -0.1) is 0 Å². The van der Waals surface area contributed by atoms with Crippen LogP contribution in [0.25, 0.3) is 0 Å². The van der Waals surface area contributed by atoms with E-state index in [2.05, 4.69) is 5.32 Å². The van der Waals surface area contributed by atoms with E-state index in [9.17, 15) is 9.18 Å². The number of hydrogen-bond acceptors (Lipinski definition) is 2. The highest BCUT2D eigenvalue weighted by Gasteiger charge is 2.19. The number of nitrogens with zero attached hydrogens (tertiary/aromatic N) is 1. The fourth-order valence-corrected chi connectivity index (χ4v) is 2.56. The first kappa shape index (κ1) is 13.6. The number of amides is 1.